The summed E-state index contributed by atoms with van der Waals surface area (Å²) in [6.07, 6.45) is -4.22. The smallest absolute Gasteiger partial charge is 0.370 e. The van der Waals surface area contributed by atoms with E-state index < -0.39 is 12.7 Å². The molecule has 0 fully saturated rings. The molecule has 0 saturated heterocycles. The number of nitrogens with one attached hydrogen (secondary N) is 1. The quantitative estimate of drug-likeness (QED) is 0.870. The Morgan fingerprint density at radius 3 is 2.53 bits per heavy atom. The van der Waals surface area contributed by atoms with Crippen LogP contribution in [0.3, 0.4) is 0 Å². The van der Waals surface area contributed by atoms with E-state index in [0.717, 1.165) is 0 Å². The van der Waals surface area contributed by atoms with E-state index >= 15 is 0 Å². The van der Waals surface area contributed by atoms with Crippen LogP contribution in [-0.4, -0.2) is 35.7 Å². The van der Waals surface area contributed by atoms with Gasteiger partial charge in [-0.05, 0) is 25.6 Å². The Morgan fingerprint density at radius 1 is 1.32 bits per heavy atom. The molecule has 0 unspecified atom stereocenters. The molecule has 0 aliphatic heterocycles. The Morgan fingerprint density at radius 2 is 2.00 bits per heavy atom. The van der Waals surface area contributed by atoms with E-state index in [1.54, 1.807) is 19.1 Å². The third kappa shape index (κ3) is 5.65. The van der Waals surface area contributed by atoms with E-state index in [-0.39, 0.29) is 13.1 Å². The molecule has 0 saturated carbocycles. The summed E-state index contributed by atoms with van der Waals surface area (Å²) in [5.74, 6) is 0.616. The fraction of sp³-hybridized carbons (Fsp3) is 0.583. The second-order valence-electron chi connectivity index (χ2n) is 4.07. The van der Waals surface area contributed by atoms with Crippen LogP contribution in [0.5, 0.6) is 0 Å². The predicted octanol–water partition coefficient (Wildman–Crippen LogP) is 3.55. The largest absolute Gasteiger partial charge is 0.401 e. The van der Waals surface area contributed by atoms with Crippen LogP contribution in [-0.2, 0) is 6.54 Å². The normalized spacial score (nSPS) is 11.9. The van der Waals surface area contributed by atoms with Crippen molar-refractivity contribution in [3.63, 3.8) is 0 Å². The molecule has 1 N–H and O–H groups in total. The highest BCUT2D eigenvalue weighted by Crippen LogP contribution is 2.21. The fourth-order valence-corrected chi connectivity index (χ4v) is 1.78. The minimum atomic E-state index is -4.22. The van der Waals surface area contributed by atoms with Crippen molar-refractivity contribution in [1.82, 2.24) is 9.88 Å². The molecule has 1 aromatic heterocycles. The average Bonchev–Trinajstić information content (AvgIpc) is 2.31. The molecule has 0 radical (unpaired) electrons. The Kier molecular flexibility index (Phi) is 5.87. The highest BCUT2D eigenvalue weighted by Gasteiger charge is 2.30. The van der Waals surface area contributed by atoms with Crippen molar-refractivity contribution >= 4 is 17.4 Å². The van der Waals surface area contributed by atoms with Gasteiger partial charge < -0.3 is 5.32 Å². The van der Waals surface area contributed by atoms with Crippen molar-refractivity contribution in [2.24, 2.45) is 0 Å². The minimum Gasteiger partial charge on any atom is -0.370 e. The van der Waals surface area contributed by atoms with Gasteiger partial charge in [-0.3, -0.25) is 4.90 Å². The van der Waals surface area contributed by atoms with Crippen molar-refractivity contribution in [3.05, 3.63) is 22.8 Å². The minimum absolute atomic E-state index is 0.0775. The molecule has 0 aliphatic carbocycles. The summed E-state index contributed by atoms with van der Waals surface area (Å²) in [7, 11) is 0. The van der Waals surface area contributed by atoms with Crippen LogP contribution >= 0.6 is 11.6 Å². The van der Waals surface area contributed by atoms with E-state index in [1.165, 1.54) is 4.90 Å². The van der Waals surface area contributed by atoms with Crippen LogP contribution in [0, 0.1) is 0 Å². The number of rotatable bonds is 6. The highest BCUT2D eigenvalue weighted by molar-refractivity contribution is 6.31. The molecule has 1 rings (SSSR count). The fourth-order valence-electron chi connectivity index (χ4n) is 1.62. The van der Waals surface area contributed by atoms with Crippen LogP contribution in [0.1, 0.15) is 19.5 Å². The lowest BCUT2D eigenvalue weighted by Gasteiger charge is -2.22. The number of aromatic nitrogens is 1. The Hall–Kier alpha value is -1.01. The maximum atomic E-state index is 12.4. The van der Waals surface area contributed by atoms with E-state index in [9.17, 15) is 13.2 Å². The monoisotopic (exact) mass is 295 g/mol. The van der Waals surface area contributed by atoms with Gasteiger partial charge in [0, 0.05) is 13.1 Å². The molecule has 0 aromatic carbocycles. The summed E-state index contributed by atoms with van der Waals surface area (Å²) in [5.41, 5.74) is 0.450. The lowest BCUT2D eigenvalue weighted by Crippen LogP contribution is -2.34. The summed E-state index contributed by atoms with van der Waals surface area (Å²) in [4.78, 5) is 5.48. The topological polar surface area (TPSA) is 28.2 Å². The Balaban J connectivity index is 2.81. The predicted molar refractivity (Wildman–Crippen MR) is 70.4 cm³/mol. The third-order valence-corrected chi connectivity index (χ3v) is 2.84. The van der Waals surface area contributed by atoms with Crippen LogP contribution in [0.4, 0.5) is 19.0 Å². The second-order valence-corrected chi connectivity index (χ2v) is 4.48. The summed E-state index contributed by atoms with van der Waals surface area (Å²) in [6.45, 7) is 3.67. The zero-order valence-corrected chi connectivity index (χ0v) is 11.6. The molecule has 0 aliphatic rings. The summed E-state index contributed by atoms with van der Waals surface area (Å²) >= 11 is 5.97. The lowest BCUT2D eigenvalue weighted by atomic mass is 10.3. The van der Waals surface area contributed by atoms with Gasteiger partial charge in [-0.25, -0.2) is 4.98 Å². The third-order valence-electron chi connectivity index (χ3n) is 2.50. The molecule has 0 bridgehead atoms. The molecule has 108 valence electrons. The van der Waals surface area contributed by atoms with E-state index in [4.69, 9.17) is 11.6 Å². The number of pyridine rings is 1. The first kappa shape index (κ1) is 16.0. The van der Waals surface area contributed by atoms with Gasteiger partial charge in [-0.1, -0.05) is 18.5 Å². The standard InChI is InChI=1S/C12H17ClF3N3/c1-3-17-11-6-5-9(13)10(18-11)7-19(4-2)8-12(14,15)16/h5-6H,3-4,7-8H2,1-2H3,(H,17,18). The molecule has 1 aromatic rings. The van der Waals surface area contributed by atoms with Crippen LogP contribution in [0.15, 0.2) is 12.1 Å². The van der Waals surface area contributed by atoms with Gasteiger partial charge in [-0.15, -0.1) is 0 Å². The SMILES string of the molecule is CCNc1ccc(Cl)c(CN(CC)CC(F)(F)F)n1. The first-order valence-corrected chi connectivity index (χ1v) is 6.42. The Labute approximate surface area is 115 Å². The maximum Gasteiger partial charge on any atom is 0.401 e. The zero-order valence-electron chi connectivity index (χ0n) is 10.9. The highest BCUT2D eigenvalue weighted by atomic mass is 35.5. The van der Waals surface area contributed by atoms with Crippen molar-refractivity contribution in [2.45, 2.75) is 26.6 Å². The number of alkyl halides is 3. The van der Waals surface area contributed by atoms with Gasteiger partial charge in [-0.2, -0.15) is 13.2 Å². The summed E-state index contributed by atoms with van der Waals surface area (Å²) in [6, 6.07) is 3.35. The van der Waals surface area contributed by atoms with Crippen molar-refractivity contribution in [2.75, 3.05) is 25.0 Å². The lowest BCUT2D eigenvalue weighted by molar-refractivity contribution is -0.146. The molecule has 19 heavy (non-hydrogen) atoms. The summed E-state index contributed by atoms with van der Waals surface area (Å²) in [5, 5.41) is 3.38. The second kappa shape index (κ2) is 6.96. The van der Waals surface area contributed by atoms with Crippen molar-refractivity contribution in [3.8, 4) is 0 Å². The number of hydrogen-bond acceptors (Lipinski definition) is 3. The van der Waals surface area contributed by atoms with Crippen LogP contribution in [0.25, 0.3) is 0 Å². The molecule has 7 heteroatoms. The molecule has 0 spiro atoms. The van der Waals surface area contributed by atoms with Gasteiger partial charge in [0.25, 0.3) is 0 Å². The van der Waals surface area contributed by atoms with Gasteiger partial charge in [0.1, 0.15) is 5.82 Å². The van der Waals surface area contributed by atoms with Crippen LogP contribution < -0.4 is 5.32 Å². The first-order valence-electron chi connectivity index (χ1n) is 6.04. The molecular formula is C12H17ClF3N3. The number of hydrogen-bond donors (Lipinski definition) is 1. The molecule has 0 amide bonds. The van der Waals surface area contributed by atoms with Gasteiger partial charge in [0.15, 0.2) is 0 Å². The molecule has 0 atom stereocenters. The number of anilines is 1. The number of halogens is 4. The van der Waals surface area contributed by atoms with E-state index in [0.29, 0.717) is 23.1 Å². The van der Waals surface area contributed by atoms with Crippen molar-refractivity contribution in [1.29, 1.82) is 0 Å². The Bertz CT molecular complexity index is 410. The average molecular weight is 296 g/mol. The number of nitrogens with zero attached hydrogens (tertiary/aromatic N) is 2. The summed E-state index contributed by atoms with van der Waals surface area (Å²) < 4.78 is 37.2. The van der Waals surface area contributed by atoms with Crippen molar-refractivity contribution < 1.29 is 13.2 Å². The first-order chi connectivity index (χ1) is 8.85. The maximum absolute atomic E-state index is 12.4. The molecule has 1 heterocycles. The van der Waals surface area contributed by atoms with Gasteiger partial charge in [0.2, 0.25) is 0 Å². The van der Waals surface area contributed by atoms with Crippen LogP contribution in [0.2, 0.25) is 5.02 Å². The van der Waals surface area contributed by atoms with E-state index in [2.05, 4.69) is 10.3 Å². The zero-order chi connectivity index (χ0) is 14.5. The van der Waals surface area contributed by atoms with Gasteiger partial charge >= 0.3 is 6.18 Å². The molecule has 3 nitrogen and oxygen atoms in total. The molecular weight excluding hydrogens is 279 g/mol. The van der Waals surface area contributed by atoms with Gasteiger partial charge in [0.05, 0.1) is 17.3 Å². The van der Waals surface area contributed by atoms with E-state index in [1.807, 2.05) is 6.92 Å².